The van der Waals surface area contributed by atoms with Gasteiger partial charge in [0.05, 0.1) is 20.5 Å². The van der Waals surface area contributed by atoms with Gasteiger partial charge in [0.15, 0.2) is 6.61 Å². The number of hydrogen-bond donors (Lipinski definition) is 1. The van der Waals surface area contributed by atoms with Crippen LogP contribution in [0.5, 0.6) is 0 Å². The molecule has 1 N–H and O–H groups in total. The molecule has 2 rings (SSSR count). The molecule has 0 fully saturated rings. The second-order valence-electron chi connectivity index (χ2n) is 4.98. The van der Waals surface area contributed by atoms with Gasteiger partial charge in [-0.15, -0.1) is 0 Å². The van der Waals surface area contributed by atoms with E-state index in [0.29, 0.717) is 11.3 Å². The summed E-state index contributed by atoms with van der Waals surface area (Å²) in [6.45, 7) is 1.05. The van der Waals surface area contributed by atoms with E-state index in [-0.39, 0.29) is 21.3 Å². The first kappa shape index (κ1) is 18.7. The number of rotatable bonds is 5. The van der Waals surface area contributed by atoms with Gasteiger partial charge < -0.3 is 10.1 Å². The highest BCUT2D eigenvalue weighted by Crippen LogP contribution is 2.25. The maximum Gasteiger partial charge on any atom is 0.341 e. The summed E-state index contributed by atoms with van der Waals surface area (Å²) in [6.07, 6.45) is 0. The van der Waals surface area contributed by atoms with E-state index >= 15 is 0 Å². The highest BCUT2D eigenvalue weighted by Gasteiger charge is 2.18. The molecule has 0 saturated heterocycles. The van der Waals surface area contributed by atoms with Crippen LogP contribution in [0.15, 0.2) is 36.4 Å². The normalized spacial score (nSPS) is 10.2. The predicted octanol–water partition coefficient (Wildman–Crippen LogP) is 4.01. The van der Waals surface area contributed by atoms with Crippen LogP contribution in [0.2, 0.25) is 10.0 Å². The van der Waals surface area contributed by atoms with Gasteiger partial charge in [0, 0.05) is 17.8 Å². The van der Waals surface area contributed by atoms with Gasteiger partial charge in [-0.25, -0.2) is 4.79 Å². The maximum absolute atomic E-state index is 12.0. The molecule has 0 aliphatic carbocycles. The monoisotopic (exact) mass is 382 g/mol. The molecule has 2 aromatic carbocycles. The lowest BCUT2D eigenvalue weighted by Gasteiger charge is -2.10. The first-order chi connectivity index (χ1) is 11.8. The lowest BCUT2D eigenvalue weighted by molar-refractivity contribution is -0.384. The van der Waals surface area contributed by atoms with Gasteiger partial charge >= 0.3 is 5.97 Å². The fraction of sp³-hybridized carbons (Fsp3) is 0.125. The van der Waals surface area contributed by atoms with Gasteiger partial charge in [0.1, 0.15) is 0 Å². The average molecular weight is 383 g/mol. The number of benzene rings is 2. The van der Waals surface area contributed by atoms with E-state index in [1.54, 1.807) is 13.0 Å². The van der Waals surface area contributed by atoms with E-state index in [0.717, 1.165) is 0 Å². The number of carbonyl (C=O) groups is 2. The van der Waals surface area contributed by atoms with Crippen molar-refractivity contribution in [3.05, 3.63) is 67.7 Å². The van der Waals surface area contributed by atoms with Crippen LogP contribution in [-0.2, 0) is 9.53 Å². The molecule has 0 bridgehead atoms. The molecule has 0 aliphatic heterocycles. The van der Waals surface area contributed by atoms with Crippen molar-refractivity contribution in [3.8, 4) is 0 Å². The summed E-state index contributed by atoms with van der Waals surface area (Å²) in [5.74, 6) is -1.43. The van der Waals surface area contributed by atoms with Crippen molar-refractivity contribution >= 4 is 46.5 Å². The van der Waals surface area contributed by atoms with Gasteiger partial charge in [0.25, 0.3) is 11.6 Å². The van der Waals surface area contributed by atoms with E-state index in [4.69, 9.17) is 27.9 Å². The van der Waals surface area contributed by atoms with Gasteiger partial charge in [-0.05, 0) is 30.7 Å². The summed E-state index contributed by atoms with van der Waals surface area (Å²) in [5, 5.41) is 13.4. The van der Waals surface area contributed by atoms with Crippen LogP contribution in [0.25, 0.3) is 0 Å². The van der Waals surface area contributed by atoms with Crippen molar-refractivity contribution in [1.29, 1.82) is 0 Å². The molecule has 7 nitrogen and oxygen atoms in total. The van der Waals surface area contributed by atoms with Crippen molar-refractivity contribution in [3.63, 3.8) is 0 Å². The molecule has 0 saturated carbocycles. The van der Waals surface area contributed by atoms with Gasteiger partial charge in [-0.2, -0.15) is 0 Å². The Morgan fingerprint density at radius 3 is 2.40 bits per heavy atom. The van der Waals surface area contributed by atoms with E-state index in [9.17, 15) is 19.7 Å². The topological polar surface area (TPSA) is 98.5 Å². The minimum atomic E-state index is -0.828. The SMILES string of the molecule is Cc1cc([N+](=O)[O-])ccc1NC(=O)COC(=O)c1c(Cl)cccc1Cl. The van der Waals surface area contributed by atoms with Gasteiger partial charge in [-0.1, -0.05) is 29.3 Å². The fourth-order valence-corrected chi connectivity index (χ4v) is 2.54. The number of halogens is 2. The molecule has 2 aromatic rings. The first-order valence-corrected chi connectivity index (χ1v) is 7.71. The van der Waals surface area contributed by atoms with Crippen LogP contribution in [0, 0.1) is 17.0 Å². The van der Waals surface area contributed by atoms with E-state index < -0.39 is 23.4 Å². The summed E-state index contributed by atoms with van der Waals surface area (Å²) in [7, 11) is 0. The summed E-state index contributed by atoms with van der Waals surface area (Å²) >= 11 is 11.8. The van der Waals surface area contributed by atoms with Crippen LogP contribution < -0.4 is 5.32 Å². The van der Waals surface area contributed by atoms with Crippen molar-refractivity contribution in [2.75, 3.05) is 11.9 Å². The number of non-ortho nitro benzene ring substituents is 1. The summed E-state index contributed by atoms with van der Waals surface area (Å²) in [6, 6.07) is 8.52. The molecular weight excluding hydrogens is 371 g/mol. The number of hydrogen-bond acceptors (Lipinski definition) is 5. The van der Waals surface area contributed by atoms with Crippen LogP contribution in [0.3, 0.4) is 0 Å². The Bertz CT molecular complexity index is 834. The van der Waals surface area contributed by atoms with E-state index in [1.165, 1.54) is 30.3 Å². The zero-order valence-corrected chi connectivity index (χ0v) is 14.4. The molecule has 0 radical (unpaired) electrons. The zero-order valence-electron chi connectivity index (χ0n) is 12.9. The largest absolute Gasteiger partial charge is 0.452 e. The molecule has 0 aliphatic rings. The second-order valence-corrected chi connectivity index (χ2v) is 5.79. The number of nitrogens with one attached hydrogen (secondary N) is 1. The molecule has 0 atom stereocenters. The molecule has 25 heavy (non-hydrogen) atoms. The number of esters is 1. The molecular formula is C16H12Cl2N2O5. The van der Waals surface area contributed by atoms with Crippen molar-refractivity contribution in [2.45, 2.75) is 6.92 Å². The summed E-state index contributed by atoms with van der Waals surface area (Å²) in [4.78, 5) is 34.0. The fourth-order valence-electron chi connectivity index (χ4n) is 1.98. The Morgan fingerprint density at radius 2 is 1.84 bits per heavy atom. The van der Waals surface area contributed by atoms with Gasteiger partial charge in [0.2, 0.25) is 0 Å². The smallest absolute Gasteiger partial charge is 0.341 e. The van der Waals surface area contributed by atoms with E-state index in [2.05, 4.69) is 5.32 Å². The number of ether oxygens (including phenoxy) is 1. The quantitative estimate of drug-likeness (QED) is 0.478. The number of nitrogens with zero attached hydrogens (tertiary/aromatic N) is 1. The third-order valence-electron chi connectivity index (χ3n) is 3.20. The van der Waals surface area contributed by atoms with Crippen LogP contribution >= 0.6 is 23.2 Å². The zero-order chi connectivity index (χ0) is 18.6. The molecule has 0 spiro atoms. The Morgan fingerprint density at radius 1 is 1.20 bits per heavy atom. The highest BCUT2D eigenvalue weighted by atomic mass is 35.5. The molecule has 9 heteroatoms. The third kappa shape index (κ3) is 4.68. The number of nitro groups is 1. The molecule has 0 heterocycles. The Balaban J connectivity index is 1.99. The third-order valence-corrected chi connectivity index (χ3v) is 3.83. The maximum atomic E-state index is 12.0. The summed E-state index contributed by atoms with van der Waals surface area (Å²) in [5.41, 5.74) is 0.769. The number of aryl methyl sites for hydroxylation is 1. The number of carbonyl (C=O) groups excluding carboxylic acids is 2. The lowest BCUT2D eigenvalue weighted by atomic mass is 10.2. The van der Waals surface area contributed by atoms with Crippen molar-refractivity contribution in [1.82, 2.24) is 0 Å². The minimum absolute atomic E-state index is 0.0230. The second kappa shape index (κ2) is 7.96. The average Bonchev–Trinajstić information content (AvgIpc) is 2.54. The Labute approximate surface area is 152 Å². The lowest BCUT2D eigenvalue weighted by Crippen LogP contribution is -2.21. The molecule has 130 valence electrons. The molecule has 0 unspecified atom stereocenters. The van der Waals surface area contributed by atoms with Crippen molar-refractivity contribution in [2.24, 2.45) is 0 Å². The first-order valence-electron chi connectivity index (χ1n) is 6.95. The minimum Gasteiger partial charge on any atom is -0.452 e. The van der Waals surface area contributed by atoms with Gasteiger partial charge in [-0.3, -0.25) is 14.9 Å². The number of nitro benzene ring substituents is 1. The molecule has 1 amide bonds. The van der Waals surface area contributed by atoms with Crippen molar-refractivity contribution < 1.29 is 19.2 Å². The standard InChI is InChI=1S/C16H12Cl2N2O5/c1-9-7-10(20(23)24)5-6-13(9)19-14(21)8-25-16(22)15-11(17)3-2-4-12(15)18/h2-7H,8H2,1H3,(H,19,21). The van der Waals surface area contributed by atoms with Crippen LogP contribution in [0.1, 0.15) is 15.9 Å². The highest BCUT2D eigenvalue weighted by molar-refractivity contribution is 6.39. The Hall–Kier alpha value is -2.64. The number of anilines is 1. The van der Waals surface area contributed by atoms with Crippen LogP contribution in [0.4, 0.5) is 11.4 Å². The van der Waals surface area contributed by atoms with E-state index in [1.807, 2.05) is 0 Å². The molecule has 0 aromatic heterocycles. The number of amides is 1. The van der Waals surface area contributed by atoms with Crippen LogP contribution in [-0.4, -0.2) is 23.4 Å². The summed E-state index contributed by atoms with van der Waals surface area (Å²) < 4.78 is 4.90. The Kier molecular flexibility index (Phi) is 5.95. The predicted molar refractivity (Wildman–Crippen MR) is 93.2 cm³/mol.